The molecule has 0 radical (unpaired) electrons. The molecule has 166 valence electrons. The van der Waals surface area contributed by atoms with Gasteiger partial charge in [-0.05, 0) is 61.4 Å². The minimum absolute atomic E-state index is 0.245. The number of aromatic carboxylic acids is 2. The molecule has 5 aromatic rings. The maximum absolute atomic E-state index is 11.2. The average Bonchev–Trinajstić information content (AvgIpc) is 2.83. The number of hydrogen-bond donors (Lipinski definition) is 2. The average molecular weight is 448 g/mol. The molecule has 0 aliphatic rings. The van der Waals surface area contributed by atoms with Crippen LogP contribution in [0.15, 0.2) is 72.8 Å². The number of aryl methyl sites for hydroxylation is 2. The molecular formula is C28H20N2O4. The number of aromatic nitrogens is 2. The summed E-state index contributed by atoms with van der Waals surface area (Å²) >= 11 is 0. The van der Waals surface area contributed by atoms with Crippen molar-refractivity contribution in [3.8, 4) is 22.3 Å². The normalized spacial score (nSPS) is 11.1. The van der Waals surface area contributed by atoms with Gasteiger partial charge in [0, 0.05) is 33.3 Å². The van der Waals surface area contributed by atoms with Gasteiger partial charge in [0.1, 0.15) is 0 Å². The SMILES string of the molecule is Cc1nc2c(ccc3cc(-c4ccc(C(=O)O)cc4)c(C)nc32)cc1-c1ccc(C(=O)O)cc1. The largest absolute Gasteiger partial charge is 0.478 e. The minimum Gasteiger partial charge on any atom is -0.478 e. The Hall–Kier alpha value is -4.58. The van der Waals surface area contributed by atoms with E-state index < -0.39 is 11.9 Å². The lowest BCUT2D eigenvalue weighted by atomic mass is 9.98. The van der Waals surface area contributed by atoms with Gasteiger partial charge in [0.15, 0.2) is 0 Å². The quantitative estimate of drug-likeness (QED) is 0.321. The Balaban J connectivity index is 1.61. The number of nitrogens with zero attached hydrogens (tertiary/aromatic N) is 2. The van der Waals surface area contributed by atoms with Gasteiger partial charge in [-0.2, -0.15) is 0 Å². The number of benzene rings is 3. The monoisotopic (exact) mass is 448 g/mol. The number of rotatable bonds is 4. The molecule has 0 spiro atoms. The zero-order valence-electron chi connectivity index (χ0n) is 18.5. The fourth-order valence-corrected chi connectivity index (χ4v) is 4.22. The molecule has 5 rings (SSSR count). The van der Waals surface area contributed by atoms with E-state index in [0.717, 1.165) is 55.4 Å². The van der Waals surface area contributed by atoms with Crippen LogP contribution in [0.1, 0.15) is 32.1 Å². The van der Waals surface area contributed by atoms with Gasteiger partial charge in [0.05, 0.1) is 22.2 Å². The summed E-state index contributed by atoms with van der Waals surface area (Å²) in [5.41, 5.74) is 7.44. The Kier molecular flexibility index (Phi) is 5.06. The number of hydrogen-bond acceptors (Lipinski definition) is 4. The summed E-state index contributed by atoms with van der Waals surface area (Å²) in [5.74, 6) is -1.91. The molecular weight excluding hydrogens is 428 g/mol. The Bertz CT molecular complexity index is 1480. The first-order valence-corrected chi connectivity index (χ1v) is 10.7. The molecule has 2 aromatic heterocycles. The van der Waals surface area contributed by atoms with E-state index in [9.17, 15) is 9.59 Å². The summed E-state index contributed by atoms with van der Waals surface area (Å²) in [6, 6.07) is 21.7. The number of carboxylic acids is 2. The van der Waals surface area contributed by atoms with Crippen molar-refractivity contribution >= 4 is 33.7 Å². The maximum atomic E-state index is 11.2. The number of fused-ring (bicyclic) bond motifs is 3. The van der Waals surface area contributed by atoms with Crippen LogP contribution >= 0.6 is 0 Å². The maximum Gasteiger partial charge on any atom is 0.335 e. The smallest absolute Gasteiger partial charge is 0.335 e. The zero-order valence-corrected chi connectivity index (χ0v) is 18.5. The van der Waals surface area contributed by atoms with Gasteiger partial charge >= 0.3 is 11.9 Å². The van der Waals surface area contributed by atoms with Gasteiger partial charge < -0.3 is 10.2 Å². The van der Waals surface area contributed by atoms with Gasteiger partial charge in [0.25, 0.3) is 0 Å². The van der Waals surface area contributed by atoms with Crippen LogP contribution < -0.4 is 0 Å². The molecule has 0 bridgehead atoms. The van der Waals surface area contributed by atoms with Crippen molar-refractivity contribution in [1.29, 1.82) is 0 Å². The molecule has 0 atom stereocenters. The van der Waals surface area contributed by atoms with Crippen LogP contribution in [-0.2, 0) is 0 Å². The van der Waals surface area contributed by atoms with Crippen LogP contribution in [0.5, 0.6) is 0 Å². The second-order valence-corrected chi connectivity index (χ2v) is 8.22. The molecule has 0 fully saturated rings. The summed E-state index contributed by atoms with van der Waals surface area (Å²) in [5, 5.41) is 20.2. The highest BCUT2D eigenvalue weighted by atomic mass is 16.4. The van der Waals surface area contributed by atoms with Crippen LogP contribution in [0.4, 0.5) is 0 Å². The van der Waals surface area contributed by atoms with Gasteiger partial charge in [0.2, 0.25) is 0 Å². The van der Waals surface area contributed by atoms with Gasteiger partial charge in [-0.3, -0.25) is 9.97 Å². The molecule has 0 aliphatic carbocycles. The summed E-state index contributed by atoms with van der Waals surface area (Å²) in [6.07, 6.45) is 0. The lowest BCUT2D eigenvalue weighted by Crippen LogP contribution is -1.97. The van der Waals surface area contributed by atoms with Crippen LogP contribution in [0, 0.1) is 13.8 Å². The van der Waals surface area contributed by atoms with E-state index >= 15 is 0 Å². The third-order valence-electron chi connectivity index (χ3n) is 6.04. The summed E-state index contributed by atoms with van der Waals surface area (Å²) in [6.45, 7) is 3.87. The van der Waals surface area contributed by atoms with Crippen molar-refractivity contribution in [2.75, 3.05) is 0 Å². The summed E-state index contributed by atoms with van der Waals surface area (Å²) in [4.78, 5) is 32.0. The fourth-order valence-electron chi connectivity index (χ4n) is 4.22. The Morgan fingerprint density at radius 1 is 0.588 bits per heavy atom. The highest BCUT2D eigenvalue weighted by molar-refractivity contribution is 6.05. The van der Waals surface area contributed by atoms with Gasteiger partial charge in [-0.15, -0.1) is 0 Å². The third-order valence-corrected chi connectivity index (χ3v) is 6.04. The molecule has 0 aliphatic heterocycles. The van der Waals surface area contributed by atoms with Crippen LogP contribution in [0.2, 0.25) is 0 Å². The van der Waals surface area contributed by atoms with E-state index in [1.54, 1.807) is 48.5 Å². The van der Waals surface area contributed by atoms with Crippen molar-refractivity contribution in [2.24, 2.45) is 0 Å². The topological polar surface area (TPSA) is 100 Å². The highest BCUT2D eigenvalue weighted by Gasteiger charge is 2.13. The third kappa shape index (κ3) is 3.65. The Morgan fingerprint density at radius 2 is 0.941 bits per heavy atom. The molecule has 6 heteroatoms. The van der Waals surface area contributed by atoms with Gasteiger partial charge in [-0.1, -0.05) is 36.4 Å². The predicted molar refractivity (Wildman–Crippen MR) is 131 cm³/mol. The van der Waals surface area contributed by atoms with E-state index in [4.69, 9.17) is 20.2 Å². The minimum atomic E-state index is -0.954. The van der Waals surface area contributed by atoms with Crippen LogP contribution in [0.3, 0.4) is 0 Å². The highest BCUT2D eigenvalue weighted by Crippen LogP contribution is 2.33. The van der Waals surface area contributed by atoms with E-state index in [2.05, 4.69) is 12.1 Å². The Labute approximate surface area is 195 Å². The second-order valence-electron chi connectivity index (χ2n) is 8.22. The van der Waals surface area contributed by atoms with Crippen molar-refractivity contribution in [3.63, 3.8) is 0 Å². The molecule has 2 heterocycles. The standard InChI is InChI=1S/C28H20N2O4/c1-15-23(17-3-7-19(8-4-17)27(31)32)13-21-11-12-22-14-24(16(2)30-26(22)25(21)29-15)18-5-9-20(10-6-18)28(33)34/h3-14H,1-2H3,(H,31,32)(H,33,34). The Morgan fingerprint density at radius 3 is 1.26 bits per heavy atom. The van der Waals surface area contributed by atoms with Crippen LogP contribution in [-0.4, -0.2) is 32.1 Å². The molecule has 0 unspecified atom stereocenters. The number of carbonyl (C=O) groups is 2. The van der Waals surface area contributed by atoms with Crippen molar-refractivity contribution in [3.05, 3.63) is 95.3 Å². The first-order valence-electron chi connectivity index (χ1n) is 10.7. The molecule has 34 heavy (non-hydrogen) atoms. The van der Waals surface area contributed by atoms with E-state index in [1.807, 2.05) is 26.0 Å². The fraction of sp³-hybridized carbons (Fsp3) is 0.0714. The lowest BCUT2D eigenvalue weighted by Gasteiger charge is -2.12. The summed E-state index contributed by atoms with van der Waals surface area (Å²) in [7, 11) is 0. The first-order chi connectivity index (χ1) is 16.3. The molecule has 0 amide bonds. The van der Waals surface area contributed by atoms with Crippen molar-refractivity contribution in [1.82, 2.24) is 9.97 Å². The zero-order chi connectivity index (χ0) is 24.0. The molecule has 0 saturated carbocycles. The number of carboxylic acid groups (broad SMARTS) is 2. The second kappa shape index (κ2) is 8.08. The van der Waals surface area contributed by atoms with Crippen molar-refractivity contribution in [2.45, 2.75) is 13.8 Å². The first kappa shape index (κ1) is 21.3. The van der Waals surface area contributed by atoms with E-state index in [0.29, 0.717) is 0 Å². The van der Waals surface area contributed by atoms with Gasteiger partial charge in [-0.25, -0.2) is 9.59 Å². The van der Waals surface area contributed by atoms with Crippen molar-refractivity contribution < 1.29 is 19.8 Å². The van der Waals surface area contributed by atoms with Crippen LogP contribution in [0.25, 0.3) is 44.1 Å². The summed E-state index contributed by atoms with van der Waals surface area (Å²) < 4.78 is 0. The van der Waals surface area contributed by atoms with E-state index in [1.165, 1.54) is 0 Å². The molecule has 6 nitrogen and oxygen atoms in total. The predicted octanol–water partition coefficient (Wildman–Crippen LogP) is 6.13. The number of pyridine rings is 2. The molecule has 0 saturated heterocycles. The molecule has 2 N–H and O–H groups in total. The lowest BCUT2D eigenvalue weighted by molar-refractivity contribution is 0.0686. The molecule has 3 aromatic carbocycles. The van der Waals surface area contributed by atoms with E-state index in [-0.39, 0.29) is 11.1 Å².